The molecule has 2 aliphatic heterocycles. The summed E-state index contributed by atoms with van der Waals surface area (Å²) >= 11 is 1.50. The Bertz CT molecular complexity index is 1350. The van der Waals surface area contributed by atoms with Crippen LogP contribution < -0.4 is 19.1 Å². The van der Waals surface area contributed by atoms with Crippen LogP contribution in [0.1, 0.15) is 23.5 Å². The SMILES string of the molecule is COc1ccc(N2CSC3=C(C#N)C(c4ccc(OCc5ccccc5)cc4)CC(=O)N3C2)c(OC)c1. The molecule has 3 aromatic rings. The maximum absolute atomic E-state index is 13.3. The predicted octanol–water partition coefficient (Wildman–Crippen LogP) is 5.50. The topological polar surface area (TPSA) is 75.0 Å². The fourth-order valence-electron chi connectivity index (χ4n) is 4.58. The van der Waals surface area contributed by atoms with Gasteiger partial charge in [-0.25, -0.2) is 0 Å². The molecule has 1 fully saturated rings. The third kappa shape index (κ3) is 5.09. The van der Waals surface area contributed by atoms with Crippen LogP contribution in [0.2, 0.25) is 0 Å². The molecule has 0 aromatic heterocycles. The largest absolute Gasteiger partial charge is 0.497 e. The second kappa shape index (κ2) is 10.9. The number of carbonyl (C=O) groups is 1. The van der Waals surface area contributed by atoms with Gasteiger partial charge < -0.3 is 19.1 Å². The van der Waals surface area contributed by atoms with E-state index in [1.54, 1.807) is 19.1 Å². The Morgan fingerprint density at radius 1 is 1.00 bits per heavy atom. The Kier molecular flexibility index (Phi) is 7.24. The van der Waals surface area contributed by atoms with E-state index in [1.807, 2.05) is 72.8 Å². The standard InChI is InChI=1S/C29H27N3O4S/c1-34-23-12-13-26(27(14-23)35-2)31-18-32-28(33)15-24(25(16-30)29(32)37-19-31)21-8-10-22(11-9-21)36-17-20-6-4-3-5-7-20/h3-14,24H,15,17-19H2,1-2H3. The van der Waals surface area contributed by atoms with Crippen LogP contribution in [0.4, 0.5) is 5.69 Å². The highest BCUT2D eigenvalue weighted by Crippen LogP contribution is 2.44. The number of fused-ring (bicyclic) bond motifs is 1. The Morgan fingerprint density at radius 3 is 2.46 bits per heavy atom. The van der Waals surface area contributed by atoms with Crippen molar-refractivity contribution in [1.82, 2.24) is 4.90 Å². The average molecular weight is 514 g/mol. The zero-order chi connectivity index (χ0) is 25.8. The van der Waals surface area contributed by atoms with Crippen molar-refractivity contribution in [2.45, 2.75) is 18.9 Å². The summed E-state index contributed by atoms with van der Waals surface area (Å²) in [7, 11) is 3.23. The van der Waals surface area contributed by atoms with Gasteiger partial charge in [-0.1, -0.05) is 54.2 Å². The molecule has 37 heavy (non-hydrogen) atoms. The molecular formula is C29H27N3O4S. The number of hydrogen-bond donors (Lipinski definition) is 0. The van der Waals surface area contributed by atoms with Crippen LogP contribution in [0, 0.1) is 11.3 Å². The van der Waals surface area contributed by atoms with Crippen LogP contribution in [-0.2, 0) is 11.4 Å². The normalized spacial score (nSPS) is 17.2. The summed E-state index contributed by atoms with van der Waals surface area (Å²) in [5.74, 6) is 2.43. The molecule has 8 heteroatoms. The molecule has 1 unspecified atom stereocenters. The van der Waals surface area contributed by atoms with E-state index in [9.17, 15) is 10.1 Å². The third-order valence-electron chi connectivity index (χ3n) is 6.55. The molecule has 2 aliphatic rings. The van der Waals surface area contributed by atoms with Crippen molar-refractivity contribution in [3.8, 4) is 23.3 Å². The maximum Gasteiger partial charge on any atom is 0.229 e. The monoisotopic (exact) mass is 513 g/mol. The second-order valence-corrected chi connectivity index (χ2v) is 9.68. The van der Waals surface area contributed by atoms with E-state index >= 15 is 0 Å². The fourth-order valence-corrected chi connectivity index (χ4v) is 5.74. The van der Waals surface area contributed by atoms with Crippen molar-refractivity contribution in [1.29, 1.82) is 5.26 Å². The van der Waals surface area contributed by atoms with Crippen molar-refractivity contribution in [2.75, 3.05) is 31.7 Å². The molecule has 5 rings (SSSR count). The highest BCUT2D eigenvalue weighted by atomic mass is 32.2. The first kappa shape index (κ1) is 24.6. The van der Waals surface area contributed by atoms with Gasteiger partial charge in [0.15, 0.2) is 0 Å². The quantitative estimate of drug-likeness (QED) is 0.413. The number of carbonyl (C=O) groups excluding carboxylic acids is 1. The predicted molar refractivity (Wildman–Crippen MR) is 143 cm³/mol. The minimum atomic E-state index is -0.276. The van der Waals surface area contributed by atoms with E-state index in [1.165, 1.54) is 11.8 Å². The lowest BCUT2D eigenvalue weighted by Crippen LogP contribution is -2.47. The number of methoxy groups -OCH3 is 2. The van der Waals surface area contributed by atoms with Crippen molar-refractivity contribution >= 4 is 23.4 Å². The molecule has 0 aliphatic carbocycles. The lowest BCUT2D eigenvalue weighted by atomic mass is 9.86. The molecule has 1 amide bonds. The lowest BCUT2D eigenvalue weighted by molar-refractivity contribution is -0.129. The van der Waals surface area contributed by atoms with Crippen LogP contribution >= 0.6 is 11.8 Å². The summed E-state index contributed by atoms with van der Waals surface area (Å²) in [6.45, 7) is 0.838. The number of nitrogens with zero attached hydrogens (tertiary/aromatic N) is 3. The Morgan fingerprint density at radius 2 is 1.76 bits per heavy atom. The molecule has 0 saturated carbocycles. The molecule has 0 N–H and O–H groups in total. The van der Waals surface area contributed by atoms with Gasteiger partial charge >= 0.3 is 0 Å². The molecule has 7 nitrogen and oxygen atoms in total. The number of nitriles is 1. The van der Waals surface area contributed by atoms with Gasteiger partial charge in [0.25, 0.3) is 0 Å². The second-order valence-electron chi connectivity index (χ2n) is 8.74. The summed E-state index contributed by atoms with van der Waals surface area (Å²) < 4.78 is 16.8. The first-order chi connectivity index (χ1) is 18.1. The van der Waals surface area contributed by atoms with E-state index in [-0.39, 0.29) is 18.2 Å². The van der Waals surface area contributed by atoms with Crippen LogP contribution in [-0.4, -0.2) is 37.6 Å². The Labute approximate surface area is 220 Å². The molecule has 0 spiro atoms. The highest BCUT2D eigenvalue weighted by Gasteiger charge is 2.38. The number of anilines is 1. The van der Waals surface area contributed by atoms with E-state index < -0.39 is 0 Å². The van der Waals surface area contributed by atoms with Crippen LogP contribution in [0.15, 0.2) is 83.4 Å². The Hall–Kier alpha value is -4.09. The van der Waals surface area contributed by atoms with E-state index in [4.69, 9.17) is 14.2 Å². The zero-order valence-electron chi connectivity index (χ0n) is 20.7. The van der Waals surface area contributed by atoms with Gasteiger partial charge in [0, 0.05) is 18.4 Å². The average Bonchev–Trinajstić information content (AvgIpc) is 2.96. The molecular weight excluding hydrogens is 486 g/mol. The highest BCUT2D eigenvalue weighted by molar-refractivity contribution is 8.03. The van der Waals surface area contributed by atoms with Crippen LogP contribution in [0.25, 0.3) is 0 Å². The molecule has 1 saturated heterocycles. The summed E-state index contributed by atoms with van der Waals surface area (Å²) in [6, 6.07) is 25.7. The van der Waals surface area contributed by atoms with Gasteiger partial charge in [-0.2, -0.15) is 5.26 Å². The summed E-state index contributed by atoms with van der Waals surface area (Å²) in [6.07, 6.45) is 0.241. The number of allylic oxidation sites excluding steroid dienone is 1. The Balaban J connectivity index is 1.34. The number of rotatable bonds is 7. The minimum absolute atomic E-state index is 0.00640. The zero-order valence-corrected chi connectivity index (χ0v) is 21.5. The van der Waals surface area contributed by atoms with Gasteiger partial charge in [0.05, 0.1) is 49.1 Å². The smallest absolute Gasteiger partial charge is 0.229 e. The van der Waals surface area contributed by atoms with Crippen molar-refractivity contribution in [3.05, 3.63) is 94.5 Å². The van der Waals surface area contributed by atoms with Crippen molar-refractivity contribution in [3.63, 3.8) is 0 Å². The fraction of sp³-hybridized carbons (Fsp3) is 0.241. The van der Waals surface area contributed by atoms with Gasteiger partial charge in [-0.3, -0.25) is 9.69 Å². The first-order valence-electron chi connectivity index (χ1n) is 11.9. The molecule has 0 radical (unpaired) electrons. The summed E-state index contributed by atoms with van der Waals surface area (Å²) in [5.41, 5.74) is 3.53. The van der Waals surface area contributed by atoms with Crippen LogP contribution in [0.3, 0.4) is 0 Å². The number of ether oxygens (including phenoxy) is 3. The summed E-state index contributed by atoms with van der Waals surface area (Å²) in [5, 5.41) is 10.8. The third-order valence-corrected chi connectivity index (χ3v) is 7.71. The molecule has 0 bridgehead atoms. The number of thioether (sulfide) groups is 1. The van der Waals surface area contributed by atoms with Crippen molar-refractivity contribution < 1.29 is 19.0 Å². The molecule has 2 heterocycles. The van der Waals surface area contributed by atoms with Crippen LogP contribution in [0.5, 0.6) is 17.2 Å². The maximum atomic E-state index is 13.3. The van der Waals surface area contributed by atoms with Gasteiger partial charge in [0.2, 0.25) is 5.91 Å². The van der Waals surface area contributed by atoms with E-state index in [2.05, 4.69) is 11.0 Å². The van der Waals surface area contributed by atoms with Crippen molar-refractivity contribution in [2.24, 2.45) is 0 Å². The molecule has 1 atom stereocenters. The number of benzene rings is 3. The number of hydrogen-bond acceptors (Lipinski definition) is 7. The molecule has 188 valence electrons. The minimum Gasteiger partial charge on any atom is -0.497 e. The molecule has 3 aromatic carbocycles. The summed E-state index contributed by atoms with van der Waals surface area (Å²) in [4.78, 5) is 17.1. The van der Waals surface area contributed by atoms with Gasteiger partial charge in [0.1, 0.15) is 23.9 Å². The first-order valence-corrected chi connectivity index (χ1v) is 12.9. The number of amides is 1. The van der Waals surface area contributed by atoms with Gasteiger partial charge in [-0.15, -0.1) is 0 Å². The van der Waals surface area contributed by atoms with Gasteiger partial charge in [-0.05, 0) is 35.4 Å². The lowest BCUT2D eigenvalue weighted by Gasteiger charge is -2.42. The van der Waals surface area contributed by atoms with E-state index in [0.29, 0.717) is 36.2 Å². The van der Waals surface area contributed by atoms with E-state index in [0.717, 1.165) is 27.6 Å².